The number of carbonyl (C=O) groups excluding carboxylic acids is 2. The first-order valence-corrected chi connectivity index (χ1v) is 10.4. The lowest BCUT2D eigenvalue weighted by atomic mass is 10.1. The Balaban J connectivity index is 1.76. The van der Waals surface area contributed by atoms with Crippen LogP contribution >= 0.6 is 11.6 Å². The van der Waals surface area contributed by atoms with Gasteiger partial charge in [-0.15, -0.1) is 0 Å². The Morgan fingerprint density at radius 2 is 1.83 bits per heavy atom. The van der Waals surface area contributed by atoms with Crippen molar-refractivity contribution in [3.05, 3.63) is 70.5 Å². The molecule has 1 aliphatic rings. The highest BCUT2D eigenvalue weighted by Crippen LogP contribution is 2.19. The van der Waals surface area contributed by atoms with Crippen molar-refractivity contribution in [2.75, 3.05) is 0 Å². The number of benzene rings is 2. The molecular formula is C23H26ClFN2O2. The summed E-state index contributed by atoms with van der Waals surface area (Å²) in [6.07, 6.45) is 4.30. The molecule has 4 nitrogen and oxygen atoms in total. The standard InChI is InChI=1S/C23H26ClFN2O2/c1-16(23(29)26-21-7-2-3-8-21)27(15-18-5-4-6-19(24)13-18)22(28)14-17-9-11-20(25)12-10-17/h4-6,9-13,16,21H,2-3,7-8,14-15H2,1H3,(H,26,29). The van der Waals surface area contributed by atoms with Gasteiger partial charge in [-0.3, -0.25) is 9.59 Å². The van der Waals surface area contributed by atoms with Gasteiger partial charge in [-0.25, -0.2) is 4.39 Å². The lowest BCUT2D eigenvalue weighted by molar-refractivity contribution is -0.140. The lowest BCUT2D eigenvalue weighted by Crippen LogP contribution is -2.50. The van der Waals surface area contributed by atoms with E-state index >= 15 is 0 Å². The van der Waals surface area contributed by atoms with Gasteiger partial charge in [0.25, 0.3) is 0 Å². The third kappa shape index (κ3) is 6.04. The van der Waals surface area contributed by atoms with Crippen molar-refractivity contribution in [1.29, 1.82) is 0 Å². The molecule has 0 aliphatic heterocycles. The summed E-state index contributed by atoms with van der Waals surface area (Å²) in [7, 11) is 0. The third-order valence-corrected chi connectivity index (χ3v) is 5.61. The van der Waals surface area contributed by atoms with Crippen LogP contribution in [0.2, 0.25) is 5.02 Å². The number of hydrogen-bond donors (Lipinski definition) is 1. The Hall–Kier alpha value is -2.40. The van der Waals surface area contributed by atoms with E-state index in [9.17, 15) is 14.0 Å². The first kappa shape index (κ1) is 21.3. The van der Waals surface area contributed by atoms with Crippen molar-refractivity contribution in [2.45, 2.75) is 57.7 Å². The Morgan fingerprint density at radius 3 is 2.48 bits per heavy atom. The summed E-state index contributed by atoms with van der Waals surface area (Å²) in [6, 6.07) is 12.7. The second-order valence-electron chi connectivity index (χ2n) is 7.62. The number of nitrogens with one attached hydrogen (secondary N) is 1. The molecule has 1 saturated carbocycles. The smallest absolute Gasteiger partial charge is 0.242 e. The highest BCUT2D eigenvalue weighted by atomic mass is 35.5. The molecule has 2 amide bonds. The maximum atomic E-state index is 13.2. The van der Waals surface area contributed by atoms with E-state index in [0.29, 0.717) is 10.6 Å². The van der Waals surface area contributed by atoms with Gasteiger partial charge < -0.3 is 10.2 Å². The molecule has 1 atom stereocenters. The van der Waals surface area contributed by atoms with Crippen molar-refractivity contribution in [3.63, 3.8) is 0 Å². The SMILES string of the molecule is CC(C(=O)NC1CCCC1)N(Cc1cccc(Cl)c1)C(=O)Cc1ccc(F)cc1. The molecule has 3 rings (SSSR count). The van der Waals surface area contributed by atoms with Gasteiger partial charge in [-0.05, 0) is 55.2 Å². The van der Waals surface area contributed by atoms with Crippen LogP contribution in [0.25, 0.3) is 0 Å². The highest BCUT2D eigenvalue weighted by Gasteiger charge is 2.28. The third-order valence-electron chi connectivity index (χ3n) is 5.38. The molecule has 0 aromatic heterocycles. The van der Waals surface area contributed by atoms with Crippen LogP contribution in [-0.4, -0.2) is 28.8 Å². The Kier molecular flexibility index (Phi) is 7.26. The molecule has 6 heteroatoms. The highest BCUT2D eigenvalue weighted by molar-refractivity contribution is 6.30. The second-order valence-corrected chi connectivity index (χ2v) is 8.06. The molecule has 2 aromatic rings. The molecule has 0 spiro atoms. The summed E-state index contributed by atoms with van der Waals surface area (Å²) in [5.74, 6) is -0.682. The maximum absolute atomic E-state index is 13.2. The van der Waals surface area contributed by atoms with E-state index in [0.717, 1.165) is 31.2 Å². The number of hydrogen-bond acceptors (Lipinski definition) is 2. The topological polar surface area (TPSA) is 49.4 Å². The van der Waals surface area contributed by atoms with E-state index in [1.54, 1.807) is 36.1 Å². The van der Waals surface area contributed by atoms with E-state index in [1.165, 1.54) is 12.1 Å². The molecule has 2 aromatic carbocycles. The minimum atomic E-state index is -0.623. The molecule has 0 heterocycles. The monoisotopic (exact) mass is 416 g/mol. The van der Waals surface area contributed by atoms with Gasteiger partial charge in [0, 0.05) is 17.6 Å². The van der Waals surface area contributed by atoms with Crippen LogP contribution in [0.4, 0.5) is 4.39 Å². The van der Waals surface area contributed by atoms with Crippen molar-refractivity contribution in [1.82, 2.24) is 10.2 Å². The van der Waals surface area contributed by atoms with Crippen LogP contribution in [0.3, 0.4) is 0 Å². The first-order chi connectivity index (χ1) is 13.9. The van der Waals surface area contributed by atoms with Gasteiger partial charge in [0.2, 0.25) is 11.8 Å². The average molecular weight is 417 g/mol. The second kappa shape index (κ2) is 9.88. The molecule has 154 valence electrons. The Labute approximate surface area is 176 Å². The maximum Gasteiger partial charge on any atom is 0.242 e. The molecule has 0 saturated heterocycles. The first-order valence-electron chi connectivity index (χ1n) is 10.0. The molecular weight excluding hydrogens is 391 g/mol. The van der Waals surface area contributed by atoms with Gasteiger partial charge in [0.05, 0.1) is 6.42 Å². The summed E-state index contributed by atoms with van der Waals surface area (Å²) in [6.45, 7) is 2.03. The van der Waals surface area contributed by atoms with Crippen LogP contribution in [0.15, 0.2) is 48.5 Å². The molecule has 29 heavy (non-hydrogen) atoms. The predicted molar refractivity (Wildman–Crippen MR) is 112 cm³/mol. The fourth-order valence-corrected chi connectivity index (χ4v) is 3.90. The number of halogens is 2. The summed E-state index contributed by atoms with van der Waals surface area (Å²) in [5, 5.41) is 3.65. The van der Waals surface area contributed by atoms with Crippen LogP contribution in [0.1, 0.15) is 43.7 Å². The Bertz CT molecular complexity index is 850. The van der Waals surface area contributed by atoms with Crippen molar-refractivity contribution in [3.8, 4) is 0 Å². The minimum absolute atomic E-state index is 0.0991. The van der Waals surface area contributed by atoms with E-state index in [-0.39, 0.29) is 36.6 Å². The number of nitrogens with zero attached hydrogens (tertiary/aromatic N) is 1. The van der Waals surface area contributed by atoms with Crippen LogP contribution in [-0.2, 0) is 22.6 Å². The molecule has 0 bridgehead atoms. The summed E-state index contributed by atoms with van der Waals surface area (Å²) in [5.41, 5.74) is 1.56. The number of carbonyl (C=O) groups is 2. The minimum Gasteiger partial charge on any atom is -0.352 e. The fourth-order valence-electron chi connectivity index (χ4n) is 3.69. The van der Waals surface area contributed by atoms with E-state index in [2.05, 4.69) is 5.32 Å². The molecule has 1 fully saturated rings. The molecule has 1 unspecified atom stereocenters. The van der Waals surface area contributed by atoms with Gasteiger partial charge in [-0.2, -0.15) is 0 Å². The zero-order valence-electron chi connectivity index (χ0n) is 16.5. The van der Waals surface area contributed by atoms with Crippen molar-refractivity contribution in [2.24, 2.45) is 0 Å². The largest absolute Gasteiger partial charge is 0.352 e. The molecule has 1 N–H and O–H groups in total. The van der Waals surface area contributed by atoms with E-state index in [1.807, 2.05) is 12.1 Å². The normalized spacial score (nSPS) is 15.1. The van der Waals surface area contributed by atoms with Gasteiger partial charge in [0.15, 0.2) is 0 Å². The lowest BCUT2D eigenvalue weighted by Gasteiger charge is -2.30. The fraction of sp³-hybridized carbons (Fsp3) is 0.391. The Morgan fingerprint density at radius 1 is 1.14 bits per heavy atom. The predicted octanol–water partition coefficient (Wildman–Crippen LogP) is 4.50. The van der Waals surface area contributed by atoms with Crippen LogP contribution < -0.4 is 5.32 Å². The summed E-state index contributed by atoms with van der Waals surface area (Å²) < 4.78 is 13.2. The number of amides is 2. The van der Waals surface area contributed by atoms with Crippen molar-refractivity contribution < 1.29 is 14.0 Å². The van der Waals surface area contributed by atoms with E-state index < -0.39 is 6.04 Å². The quantitative estimate of drug-likeness (QED) is 0.722. The van der Waals surface area contributed by atoms with Crippen LogP contribution in [0, 0.1) is 5.82 Å². The average Bonchev–Trinajstić information content (AvgIpc) is 3.20. The zero-order valence-corrected chi connectivity index (χ0v) is 17.3. The van der Waals surface area contributed by atoms with Crippen molar-refractivity contribution >= 4 is 23.4 Å². The zero-order chi connectivity index (χ0) is 20.8. The van der Waals surface area contributed by atoms with Gasteiger partial charge in [0.1, 0.15) is 11.9 Å². The van der Waals surface area contributed by atoms with E-state index in [4.69, 9.17) is 11.6 Å². The molecule has 0 radical (unpaired) electrons. The van der Waals surface area contributed by atoms with Crippen LogP contribution in [0.5, 0.6) is 0 Å². The number of rotatable bonds is 7. The summed E-state index contributed by atoms with van der Waals surface area (Å²) >= 11 is 6.09. The summed E-state index contributed by atoms with van der Waals surface area (Å²) in [4.78, 5) is 27.5. The van der Waals surface area contributed by atoms with Gasteiger partial charge >= 0.3 is 0 Å². The van der Waals surface area contributed by atoms with Gasteiger partial charge in [-0.1, -0.05) is 48.7 Å². The molecule has 1 aliphatic carbocycles.